The van der Waals surface area contributed by atoms with Crippen molar-refractivity contribution < 1.29 is 5.11 Å². The first-order chi connectivity index (χ1) is 10.5. The summed E-state index contributed by atoms with van der Waals surface area (Å²) in [6.45, 7) is 14.2. The monoisotopic (exact) mass is 296 g/mol. The minimum absolute atomic E-state index is 0.265. The number of phenols is 1. The number of benzene rings is 1. The van der Waals surface area contributed by atoms with Crippen LogP contribution in [0.1, 0.15) is 26.3 Å². The molecule has 0 heterocycles. The maximum absolute atomic E-state index is 9.71. The Morgan fingerprint density at radius 1 is 1.27 bits per heavy atom. The highest BCUT2D eigenvalue weighted by atomic mass is 16.3. The number of para-hydroxylation sites is 1. The summed E-state index contributed by atoms with van der Waals surface area (Å²) >= 11 is 0. The number of hydrogen-bond acceptors (Lipinski definition) is 3. The van der Waals surface area contributed by atoms with E-state index in [9.17, 15) is 5.11 Å². The number of hydrogen-bond donors (Lipinski definition) is 2. The zero-order valence-electron chi connectivity index (χ0n) is 13.6. The molecule has 0 spiro atoms. The highest BCUT2D eigenvalue weighted by molar-refractivity contribution is 5.86. The van der Waals surface area contributed by atoms with E-state index in [0.717, 1.165) is 16.7 Å². The average Bonchev–Trinajstić information content (AvgIpc) is 2.46. The summed E-state index contributed by atoms with van der Waals surface area (Å²) in [5.74, 6) is 0.815. The third-order valence-corrected chi connectivity index (χ3v) is 3.16. The van der Waals surface area contributed by atoms with Crippen LogP contribution in [0.4, 0.5) is 0 Å². The number of phenolic OH excluding ortho intramolecular Hbond substituents is 1. The standard InChI is InChI=1S/C19H24N2O/c1-6-9-15(4)18(14(2)3)13-21-16(5)20-12-17-10-7-8-11-19(17)22/h6-11,13,20,22H,1,5,12H2,2-4H3/b15-9-,21-13-. The molecule has 0 aromatic heterocycles. The van der Waals surface area contributed by atoms with Gasteiger partial charge in [-0.2, -0.15) is 0 Å². The third kappa shape index (κ3) is 5.44. The Labute approximate surface area is 133 Å². The van der Waals surface area contributed by atoms with Gasteiger partial charge in [0.15, 0.2) is 0 Å². The van der Waals surface area contributed by atoms with Gasteiger partial charge in [0.25, 0.3) is 0 Å². The van der Waals surface area contributed by atoms with Crippen LogP contribution in [0, 0.1) is 0 Å². The third-order valence-electron chi connectivity index (χ3n) is 3.16. The molecule has 3 nitrogen and oxygen atoms in total. The lowest BCUT2D eigenvalue weighted by molar-refractivity contribution is 0.466. The number of nitrogens with one attached hydrogen (secondary N) is 1. The minimum atomic E-state index is 0.265. The van der Waals surface area contributed by atoms with Crippen molar-refractivity contribution in [2.24, 2.45) is 4.99 Å². The van der Waals surface area contributed by atoms with E-state index >= 15 is 0 Å². The fourth-order valence-corrected chi connectivity index (χ4v) is 1.94. The van der Waals surface area contributed by atoms with Gasteiger partial charge in [-0.25, -0.2) is 4.99 Å². The molecule has 1 rings (SSSR count). The van der Waals surface area contributed by atoms with Crippen molar-refractivity contribution >= 4 is 6.21 Å². The lowest BCUT2D eigenvalue weighted by atomic mass is 10.0. The van der Waals surface area contributed by atoms with Gasteiger partial charge in [-0.1, -0.05) is 49.1 Å². The Hall–Kier alpha value is -2.55. The van der Waals surface area contributed by atoms with E-state index in [2.05, 4.69) is 23.5 Å². The summed E-state index contributed by atoms with van der Waals surface area (Å²) in [6.07, 6.45) is 5.51. The van der Waals surface area contributed by atoms with Crippen LogP contribution in [0.2, 0.25) is 0 Å². The van der Waals surface area contributed by atoms with Crippen molar-refractivity contribution in [3.8, 4) is 5.75 Å². The Morgan fingerprint density at radius 2 is 1.95 bits per heavy atom. The second-order valence-electron chi connectivity index (χ2n) is 5.19. The summed E-state index contributed by atoms with van der Waals surface area (Å²) in [7, 11) is 0. The van der Waals surface area contributed by atoms with Gasteiger partial charge in [-0.15, -0.1) is 0 Å². The van der Waals surface area contributed by atoms with Gasteiger partial charge in [0, 0.05) is 18.3 Å². The molecule has 0 unspecified atom stereocenters. The summed E-state index contributed by atoms with van der Waals surface area (Å²) in [5, 5.41) is 12.8. The normalized spacial score (nSPS) is 11.3. The van der Waals surface area contributed by atoms with Gasteiger partial charge in [-0.3, -0.25) is 0 Å². The van der Waals surface area contributed by atoms with E-state index in [1.165, 1.54) is 5.57 Å². The molecule has 0 aliphatic heterocycles. The first-order valence-corrected chi connectivity index (χ1v) is 7.16. The maximum atomic E-state index is 9.71. The van der Waals surface area contributed by atoms with Crippen molar-refractivity contribution in [2.75, 3.05) is 0 Å². The van der Waals surface area contributed by atoms with Gasteiger partial charge in [0.2, 0.25) is 0 Å². The second-order valence-corrected chi connectivity index (χ2v) is 5.19. The molecule has 116 valence electrons. The first kappa shape index (κ1) is 17.5. The van der Waals surface area contributed by atoms with E-state index in [0.29, 0.717) is 12.4 Å². The van der Waals surface area contributed by atoms with E-state index in [4.69, 9.17) is 0 Å². The molecule has 2 N–H and O–H groups in total. The molecule has 1 aromatic rings. The smallest absolute Gasteiger partial charge is 0.120 e. The zero-order chi connectivity index (χ0) is 16.5. The molecular weight excluding hydrogens is 272 g/mol. The van der Waals surface area contributed by atoms with Crippen LogP contribution in [-0.2, 0) is 6.54 Å². The largest absolute Gasteiger partial charge is 0.508 e. The molecule has 0 bridgehead atoms. The number of aromatic hydroxyl groups is 1. The Balaban J connectivity index is 2.71. The number of rotatable bonds is 7. The quantitative estimate of drug-likeness (QED) is 0.575. The molecule has 0 atom stereocenters. The average molecular weight is 296 g/mol. The van der Waals surface area contributed by atoms with Crippen LogP contribution in [0.3, 0.4) is 0 Å². The van der Waals surface area contributed by atoms with Crippen LogP contribution in [0.25, 0.3) is 0 Å². The van der Waals surface area contributed by atoms with Crippen LogP contribution < -0.4 is 5.32 Å². The van der Waals surface area contributed by atoms with Gasteiger partial charge in [0.05, 0.1) is 0 Å². The van der Waals surface area contributed by atoms with E-state index in [1.54, 1.807) is 24.4 Å². The van der Waals surface area contributed by atoms with Crippen molar-refractivity contribution in [3.05, 3.63) is 77.7 Å². The van der Waals surface area contributed by atoms with Crippen molar-refractivity contribution in [1.82, 2.24) is 5.32 Å². The maximum Gasteiger partial charge on any atom is 0.120 e. The van der Waals surface area contributed by atoms with Gasteiger partial charge in [-0.05, 0) is 38.0 Å². The fourth-order valence-electron chi connectivity index (χ4n) is 1.94. The predicted molar refractivity (Wildman–Crippen MR) is 94.9 cm³/mol. The molecule has 0 aliphatic rings. The van der Waals surface area contributed by atoms with Crippen molar-refractivity contribution in [1.29, 1.82) is 0 Å². The number of nitrogens with zero attached hydrogens (tertiary/aromatic N) is 1. The molecule has 22 heavy (non-hydrogen) atoms. The molecule has 0 fully saturated rings. The highest BCUT2D eigenvalue weighted by Crippen LogP contribution is 2.16. The molecule has 3 heteroatoms. The second kappa shape index (κ2) is 8.67. The summed E-state index contributed by atoms with van der Waals surface area (Å²) < 4.78 is 0. The number of aliphatic imine (C=N–C) groups is 1. The van der Waals surface area contributed by atoms with Crippen molar-refractivity contribution in [3.63, 3.8) is 0 Å². The lowest BCUT2D eigenvalue weighted by Crippen LogP contribution is -2.10. The summed E-state index contributed by atoms with van der Waals surface area (Å²) in [5.41, 5.74) is 4.15. The van der Waals surface area contributed by atoms with Gasteiger partial charge >= 0.3 is 0 Å². The van der Waals surface area contributed by atoms with Gasteiger partial charge < -0.3 is 10.4 Å². The predicted octanol–water partition coefficient (Wildman–Crippen LogP) is 4.49. The molecule has 0 saturated heterocycles. The zero-order valence-corrected chi connectivity index (χ0v) is 13.6. The highest BCUT2D eigenvalue weighted by Gasteiger charge is 2.01. The SMILES string of the molecule is C=C/C=C(/C)C(/C=N\C(=C)NCc1ccccc1O)=C(C)C. The Kier molecular flexibility index (Phi) is 6.90. The first-order valence-electron chi connectivity index (χ1n) is 7.16. The summed E-state index contributed by atoms with van der Waals surface area (Å²) in [6, 6.07) is 7.20. The van der Waals surface area contributed by atoms with E-state index in [1.807, 2.05) is 39.0 Å². The Morgan fingerprint density at radius 3 is 2.55 bits per heavy atom. The van der Waals surface area contributed by atoms with E-state index in [-0.39, 0.29) is 5.75 Å². The van der Waals surface area contributed by atoms with Crippen LogP contribution in [0.15, 0.2) is 77.1 Å². The summed E-state index contributed by atoms with van der Waals surface area (Å²) in [4.78, 5) is 4.35. The molecule has 0 aliphatic carbocycles. The number of allylic oxidation sites excluding steroid dienone is 5. The fraction of sp³-hybridized carbons (Fsp3) is 0.211. The molecule has 1 aromatic carbocycles. The molecule has 0 radical (unpaired) electrons. The Bertz CT molecular complexity index is 633. The topological polar surface area (TPSA) is 44.6 Å². The molecule has 0 amide bonds. The van der Waals surface area contributed by atoms with Crippen LogP contribution >= 0.6 is 0 Å². The van der Waals surface area contributed by atoms with Gasteiger partial charge in [0.1, 0.15) is 11.6 Å². The molecule has 0 saturated carbocycles. The van der Waals surface area contributed by atoms with E-state index < -0.39 is 0 Å². The lowest BCUT2D eigenvalue weighted by Gasteiger charge is -2.08. The van der Waals surface area contributed by atoms with Crippen LogP contribution in [0.5, 0.6) is 5.75 Å². The molecular formula is C19H24N2O. The van der Waals surface area contributed by atoms with Crippen molar-refractivity contribution in [2.45, 2.75) is 27.3 Å². The minimum Gasteiger partial charge on any atom is -0.508 e. The van der Waals surface area contributed by atoms with Crippen LogP contribution in [-0.4, -0.2) is 11.3 Å².